The first kappa shape index (κ1) is 24.3. The first-order valence-corrected chi connectivity index (χ1v) is 12.2. The third kappa shape index (κ3) is 6.80. The molecule has 0 aromatic carbocycles. The molecule has 0 radical (unpaired) electrons. The van der Waals surface area contributed by atoms with Crippen molar-refractivity contribution in [2.45, 2.75) is 63.4 Å². The number of rotatable bonds is 8. The van der Waals surface area contributed by atoms with Gasteiger partial charge in [0.15, 0.2) is 5.16 Å². The molecule has 2 aromatic heterocycles. The molecule has 1 unspecified atom stereocenters. The van der Waals surface area contributed by atoms with Crippen LogP contribution in [0.5, 0.6) is 0 Å². The van der Waals surface area contributed by atoms with Crippen LogP contribution in [-0.2, 0) is 17.7 Å². The highest BCUT2D eigenvalue weighted by Crippen LogP contribution is 2.33. The van der Waals surface area contributed by atoms with Gasteiger partial charge in [0, 0.05) is 37.6 Å². The lowest BCUT2D eigenvalue weighted by Gasteiger charge is -2.32. The number of hydrogen-bond acceptors (Lipinski definition) is 8. The molecule has 0 bridgehead atoms. The van der Waals surface area contributed by atoms with E-state index in [4.69, 9.17) is 4.74 Å². The Labute approximate surface area is 195 Å². The number of alkyl carbamates (subject to hydrolysis) is 1. The van der Waals surface area contributed by atoms with Crippen molar-refractivity contribution < 1.29 is 9.53 Å². The SMILES string of the molecule is CSc1ncc(CN(C)C2CCCc3cccnc32)c(NCCNC(=O)OC(C)(C)C)n1. The summed E-state index contributed by atoms with van der Waals surface area (Å²) in [4.78, 5) is 28.0. The van der Waals surface area contributed by atoms with Crippen molar-refractivity contribution in [1.82, 2.24) is 25.2 Å². The highest BCUT2D eigenvalue weighted by atomic mass is 32.2. The van der Waals surface area contributed by atoms with Gasteiger partial charge < -0.3 is 15.4 Å². The molecular weight excluding hydrogens is 424 g/mol. The molecule has 2 aromatic rings. The summed E-state index contributed by atoms with van der Waals surface area (Å²) in [6, 6.07) is 4.48. The number of amides is 1. The molecule has 8 nitrogen and oxygen atoms in total. The summed E-state index contributed by atoms with van der Waals surface area (Å²) in [7, 11) is 2.13. The van der Waals surface area contributed by atoms with Gasteiger partial charge in [0.05, 0.1) is 11.7 Å². The number of nitrogens with one attached hydrogen (secondary N) is 2. The minimum Gasteiger partial charge on any atom is -0.444 e. The Morgan fingerprint density at radius 3 is 2.88 bits per heavy atom. The maximum Gasteiger partial charge on any atom is 0.407 e. The number of aryl methyl sites for hydroxylation is 1. The van der Waals surface area contributed by atoms with Crippen molar-refractivity contribution in [2.24, 2.45) is 0 Å². The average Bonchev–Trinajstić information content (AvgIpc) is 2.76. The van der Waals surface area contributed by atoms with Gasteiger partial charge in [0.1, 0.15) is 11.4 Å². The number of aromatic nitrogens is 3. The minimum absolute atomic E-state index is 0.280. The largest absolute Gasteiger partial charge is 0.444 e. The van der Waals surface area contributed by atoms with Crippen LogP contribution in [0.4, 0.5) is 10.6 Å². The molecule has 0 spiro atoms. The average molecular weight is 459 g/mol. The van der Waals surface area contributed by atoms with Crippen LogP contribution in [0.3, 0.4) is 0 Å². The lowest BCUT2D eigenvalue weighted by atomic mass is 9.91. The van der Waals surface area contributed by atoms with Gasteiger partial charge in [-0.2, -0.15) is 0 Å². The first-order chi connectivity index (χ1) is 15.3. The van der Waals surface area contributed by atoms with E-state index in [1.54, 1.807) is 0 Å². The van der Waals surface area contributed by atoms with E-state index in [0.717, 1.165) is 30.6 Å². The monoisotopic (exact) mass is 458 g/mol. The Morgan fingerprint density at radius 1 is 1.31 bits per heavy atom. The summed E-state index contributed by atoms with van der Waals surface area (Å²) in [6.07, 6.45) is 8.66. The Balaban J connectivity index is 1.64. The zero-order valence-corrected chi connectivity index (χ0v) is 20.5. The van der Waals surface area contributed by atoms with Gasteiger partial charge in [-0.3, -0.25) is 9.88 Å². The number of carbonyl (C=O) groups is 1. The zero-order chi connectivity index (χ0) is 23.1. The Morgan fingerprint density at radius 2 is 2.12 bits per heavy atom. The summed E-state index contributed by atoms with van der Waals surface area (Å²) in [6.45, 7) is 7.21. The predicted molar refractivity (Wildman–Crippen MR) is 128 cm³/mol. The number of anilines is 1. The first-order valence-electron chi connectivity index (χ1n) is 11.0. The molecule has 2 N–H and O–H groups in total. The molecule has 174 valence electrons. The number of hydrogen-bond donors (Lipinski definition) is 2. The number of nitrogens with zero attached hydrogens (tertiary/aromatic N) is 4. The summed E-state index contributed by atoms with van der Waals surface area (Å²) in [5.74, 6) is 0.791. The van der Waals surface area contributed by atoms with Crippen LogP contribution in [0.1, 0.15) is 56.5 Å². The lowest BCUT2D eigenvalue weighted by molar-refractivity contribution is 0.0530. The van der Waals surface area contributed by atoms with Crippen LogP contribution in [0.2, 0.25) is 0 Å². The van der Waals surface area contributed by atoms with E-state index in [1.165, 1.54) is 23.0 Å². The van der Waals surface area contributed by atoms with Crippen molar-refractivity contribution in [2.75, 3.05) is 31.7 Å². The highest BCUT2D eigenvalue weighted by molar-refractivity contribution is 7.98. The predicted octanol–water partition coefficient (Wildman–Crippen LogP) is 4.04. The number of carbonyl (C=O) groups excluding carboxylic acids is 1. The normalized spacial score (nSPS) is 15.9. The fraction of sp³-hybridized carbons (Fsp3) is 0.565. The maximum atomic E-state index is 11.9. The third-order valence-electron chi connectivity index (χ3n) is 5.23. The molecular formula is C23H34N6O2S. The van der Waals surface area contributed by atoms with Crippen LogP contribution >= 0.6 is 11.8 Å². The topological polar surface area (TPSA) is 92.3 Å². The number of thioether (sulfide) groups is 1. The fourth-order valence-corrected chi connectivity index (χ4v) is 4.15. The van der Waals surface area contributed by atoms with Crippen molar-refractivity contribution in [1.29, 1.82) is 0 Å². The number of fused-ring (bicyclic) bond motifs is 1. The van der Waals surface area contributed by atoms with Gasteiger partial charge in [0.25, 0.3) is 0 Å². The molecule has 1 aliphatic rings. The van der Waals surface area contributed by atoms with E-state index >= 15 is 0 Å². The second kappa shape index (κ2) is 11.0. The zero-order valence-electron chi connectivity index (χ0n) is 19.6. The van der Waals surface area contributed by atoms with Crippen molar-refractivity contribution in [3.8, 4) is 0 Å². The number of pyridine rings is 1. The van der Waals surface area contributed by atoms with E-state index < -0.39 is 11.7 Å². The summed E-state index contributed by atoms with van der Waals surface area (Å²) < 4.78 is 5.28. The molecule has 32 heavy (non-hydrogen) atoms. The molecule has 0 saturated heterocycles. The highest BCUT2D eigenvalue weighted by Gasteiger charge is 2.25. The van der Waals surface area contributed by atoms with Crippen LogP contribution in [0, 0.1) is 0 Å². The molecule has 9 heteroatoms. The lowest BCUT2D eigenvalue weighted by Crippen LogP contribution is -2.35. The number of ether oxygens (including phenoxy) is 1. The van der Waals surface area contributed by atoms with E-state index in [0.29, 0.717) is 24.8 Å². The quantitative estimate of drug-likeness (QED) is 0.348. The minimum atomic E-state index is -0.512. The second-order valence-electron chi connectivity index (χ2n) is 8.96. The van der Waals surface area contributed by atoms with Crippen molar-refractivity contribution in [3.63, 3.8) is 0 Å². The molecule has 0 fully saturated rings. The van der Waals surface area contributed by atoms with Crippen LogP contribution < -0.4 is 10.6 Å². The fourth-order valence-electron chi connectivity index (χ4n) is 3.81. The van der Waals surface area contributed by atoms with E-state index in [2.05, 4.69) is 43.6 Å². The van der Waals surface area contributed by atoms with Crippen LogP contribution in [0.25, 0.3) is 0 Å². The van der Waals surface area contributed by atoms with Crippen LogP contribution in [-0.4, -0.2) is 57.9 Å². The van der Waals surface area contributed by atoms with Gasteiger partial charge in [-0.05, 0) is 65.0 Å². The van der Waals surface area contributed by atoms with E-state index in [1.807, 2.05) is 45.5 Å². The van der Waals surface area contributed by atoms with Gasteiger partial charge >= 0.3 is 6.09 Å². The van der Waals surface area contributed by atoms with Gasteiger partial charge in [-0.25, -0.2) is 14.8 Å². The Kier molecular flexibility index (Phi) is 8.31. The van der Waals surface area contributed by atoms with Gasteiger partial charge in [-0.1, -0.05) is 17.8 Å². The molecule has 0 aliphatic heterocycles. The summed E-state index contributed by atoms with van der Waals surface area (Å²) in [5.41, 5.74) is 3.03. The van der Waals surface area contributed by atoms with Gasteiger partial charge in [0.2, 0.25) is 0 Å². The molecule has 1 amide bonds. The molecule has 2 heterocycles. The Bertz CT molecular complexity index is 918. The molecule has 1 atom stereocenters. The van der Waals surface area contributed by atoms with Crippen molar-refractivity contribution >= 4 is 23.7 Å². The molecule has 0 saturated carbocycles. The summed E-state index contributed by atoms with van der Waals surface area (Å²) in [5, 5.41) is 6.84. The maximum absolute atomic E-state index is 11.9. The Hall–Kier alpha value is -2.39. The standard InChI is InChI=1S/C23H34N6O2S/c1-23(2,3)31-22(30)26-13-12-25-20-17(14-27-21(28-20)32-5)15-29(4)18-10-6-8-16-9-7-11-24-19(16)18/h7,9,11,14,18H,6,8,10,12-13,15H2,1-5H3,(H,26,30)(H,25,27,28). The summed E-state index contributed by atoms with van der Waals surface area (Å²) >= 11 is 1.50. The third-order valence-corrected chi connectivity index (χ3v) is 5.79. The second-order valence-corrected chi connectivity index (χ2v) is 9.73. The van der Waals surface area contributed by atoms with Gasteiger partial charge in [-0.15, -0.1) is 0 Å². The van der Waals surface area contributed by atoms with Crippen molar-refractivity contribution in [3.05, 3.63) is 41.3 Å². The smallest absolute Gasteiger partial charge is 0.407 e. The van der Waals surface area contributed by atoms with E-state index in [9.17, 15) is 4.79 Å². The van der Waals surface area contributed by atoms with E-state index in [-0.39, 0.29) is 6.04 Å². The molecule has 1 aliphatic carbocycles. The molecule has 3 rings (SSSR count). The van der Waals surface area contributed by atoms with Crippen LogP contribution in [0.15, 0.2) is 29.7 Å².